The molecule has 0 saturated carbocycles. The van der Waals surface area contributed by atoms with Crippen LogP contribution in [0.3, 0.4) is 0 Å². The van der Waals surface area contributed by atoms with Crippen LogP contribution < -0.4 is 10.2 Å². The summed E-state index contributed by atoms with van der Waals surface area (Å²) in [7, 11) is 0. The molecule has 1 fully saturated rings. The van der Waals surface area contributed by atoms with Crippen LogP contribution in [0.5, 0.6) is 0 Å². The lowest BCUT2D eigenvalue weighted by molar-refractivity contribution is -0.134. The Morgan fingerprint density at radius 2 is 1.71 bits per heavy atom. The molecule has 146 valence electrons. The Balaban J connectivity index is 1.85. The van der Waals surface area contributed by atoms with Crippen LogP contribution in [0.25, 0.3) is 0 Å². The number of benzene rings is 2. The normalized spacial score (nSPS) is 18.9. The molecule has 2 aromatic carbocycles. The van der Waals surface area contributed by atoms with E-state index >= 15 is 0 Å². The first kappa shape index (κ1) is 19.9. The Bertz CT molecular complexity index is 886. The quantitative estimate of drug-likeness (QED) is 0.755. The monoisotopic (exact) mass is 399 g/mol. The van der Waals surface area contributed by atoms with Crippen LogP contribution in [0, 0.1) is 0 Å². The van der Waals surface area contributed by atoms with Crippen LogP contribution >= 0.6 is 11.6 Å². The lowest BCUT2D eigenvalue weighted by Crippen LogP contribution is -2.45. The standard InChI is InChI=1S/C21H22ClN3O3/c1-3-21(15-10-12-16(22)13-11-15)19(27)25(20(28)23-21)14-18(26)24(4-2)17-8-6-5-7-9-17/h5-13H,3-4,14H2,1-2H3,(H,23,28)/t21-/m0/s1. The van der Waals surface area contributed by atoms with E-state index in [0.717, 1.165) is 10.6 Å². The molecule has 2 aromatic rings. The second-order valence-corrected chi connectivity index (χ2v) is 7.00. The van der Waals surface area contributed by atoms with Crippen molar-refractivity contribution in [1.29, 1.82) is 0 Å². The number of carbonyl (C=O) groups is 3. The topological polar surface area (TPSA) is 69.7 Å². The molecule has 1 N–H and O–H groups in total. The molecule has 0 radical (unpaired) electrons. The first-order valence-corrected chi connectivity index (χ1v) is 9.56. The van der Waals surface area contributed by atoms with E-state index in [4.69, 9.17) is 11.6 Å². The highest BCUT2D eigenvalue weighted by Gasteiger charge is 2.51. The molecule has 1 aliphatic heterocycles. The van der Waals surface area contributed by atoms with Crippen molar-refractivity contribution in [2.24, 2.45) is 0 Å². The van der Waals surface area contributed by atoms with Gasteiger partial charge in [0.1, 0.15) is 12.1 Å². The SMILES string of the molecule is CCN(C(=O)CN1C(=O)N[C@@](CC)(c2ccc(Cl)cc2)C1=O)c1ccccc1. The molecule has 6 nitrogen and oxygen atoms in total. The van der Waals surface area contributed by atoms with E-state index in [9.17, 15) is 14.4 Å². The molecule has 4 amide bonds. The average Bonchev–Trinajstić information content (AvgIpc) is 2.95. The molecular formula is C21H22ClN3O3. The van der Waals surface area contributed by atoms with Crippen LogP contribution in [0.2, 0.25) is 5.02 Å². The second kappa shape index (κ2) is 8.02. The summed E-state index contributed by atoms with van der Waals surface area (Å²) in [5.41, 5.74) is 0.177. The van der Waals surface area contributed by atoms with Crippen molar-refractivity contribution in [3.05, 3.63) is 65.2 Å². The third-order valence-corrected chi connectivity index (χ3v) is 5.27. The lowest BCUT2D eigenvalue weighted by Gasteiger charge is -2.26. The molecular weight excluding hydrogens is 378 g/mol. The number of nitrogens with one attached hydrogen (secondary N) is 1. The van der Waals surface area contributed by atoms with Crippen molar-refractivity contribution < 1.29 is 14.4 Å². The predicted octanol–water partition coefficient (Wildman–Crippen LogP) is 3.55. The highest BCUT2D eigenvalue weighted by molar-refractivity contribution is 6.30. The number of nitrogens with zero attached hydrogens (tertiary/aromatic N) is 2. The molecule has 7 heteroatoms. The van der Waals surface area contributed by atoms with Gasteiger partial charge in [-0.1, -0.05) is 48.9 Å². The van der Waals surface area contributed by atoms with Gasteiger partial charge in [0.05, 0.1) is 0 Å². The number of halogens is 1. The third-order valence-electron chi connectivity index (χ3n) is 5.02. The van der Waals surface area contributed by atoms with E-state index < -0.39 is 17.5 Å². The number of para-hydroxylation sites is 1. The maximum atomic E-state index is 13.2. The minimum absolute atomic E-state index is 0.317. The van der Waals surface area contributed by atoms with Crippen molar-refractivity contribution >= 4 is 35.1 Å². The summed E-state index contributed by atoms with van der Waals surface area (Å²) in [6.07, 6.45) is 0.361. The van der Waals surface area contributed by atoms with Crippen LogP contribution in [-0.4, -0.2) is 35.8 Å². The zero-order valence-electron chi connectivity index (χ0n) is 15.8. The van der Waals surface area contributed by atoms with Gasteiger partial charge in [-0.15, -0.1) is 0 Å². The number of carbonyl (C=O) groups excluding carboxylic acids is 3. The number of hydrogen-bond acceptors (Lipinski definition) is 3. The summed E-state index contributed by atoms with van der Waals surface area (Å²) in [5.74, 6) is -0.750. The van der Waals surface area contributed by atoms with Gasteiger partial charge in [-0.05, 0) is 43.2 Å². The smallest absolute Gasteiger partial charge is 0.319 e. The van der Waals surface area contributed by atoms with Gasteiger partial charge in [-0.25, -0.2) is 4.79 Å². The van der Waals surface area contributed by atoms with Crippen LogP contribution in [0.4, 0.5) is 10.5 Å². The fraction of sp³-hybridized carbons (Fsp3) is 0.286. The van der Waals surface area contributed by atoms with Crippen molar-refractivity contribution in [3.8, 4) is 0 Å². The first-order valence-electron chi connectivity index (χ1n) is 9.18. The van der Waals surface area contributed by atoms with Crippen LogP contribution in [0.1, 0.15) is 25.8 Å². The van der Waals surface area contributed by atoms with Crippen LogP contribution in [0.15, 0.2) is 54.6 Å². The molecule has 1 atom stereocenters. The number of anilines is 1. The van der Waals surface area contributed by atoms with E-state index in [2.05, 4.69) is 5.32 Å². The maximum absolute atomic E-state index is 13.2. The second-order valence-electron chi connectivity index (χ2n) is 6.56. The number of rotatable bonds is 6. The molecule has 28 heavy (non-hydrogen) atoms. The zero-order valence-corrected chi connectivity index (χ0v) is 16.6. The molecule has 3 rings (SSSR count). The van der Waals surface area contributed by atoms with E-state index in [1.54, 1.807) is 29.2 Å². The van der Waals surface area contributed by atoms with Gasteiger partial charge in [-0.2, -0.15) is 0 Å². The van der Waals surface area contributed by atoms with Gasteiger partial charge < -0.3 is 10.2 Å². The summed E-state index contributed by atoms with van der Waals surface area (Å²) in [6, 6.07) is 15.4. The molecule has 0 unspecified atom stereocenters. The van der Waals surface area contributed by atoms with Crippen molar-refractivity contribution in [2.75, 3.05) is 18.0 Å². The molecule has 1 saturated heterocycles. The highest BCUT2D eigenvalue weighted by Crippen LogP contribution is 2.33. The van der Waals surface area contributed by atoms with Gasteiger partial charge in [0.2, 0.25) is 5.91 Å². The van der Waals surface area contributed by atoms with Gasteiger partial charge in [0.15, 0.2) is 0 Å². The van der Waals surface area contributed by atoms with Crippen molar-refractivity contribution in [2.45, 2.75) is 25.8 Å². The summed E-state index contributed by atoms with van der Waals surface area (Å²) in [6.45, 7) is 3.78. The van der Waals surface area contributed by atoms with Crippen molar-refractivity contribution in [3.63, 3.8) is 0 Å². The number of urea groups is 1. The van der Waals surface area contributed by atoms with Gasteiger partial charge in [0.25, 0.3) is 5.91 Å². The number of imide groups is 1. The fourth-order valence-corrected chi connectivity index (χ4v) is 3.60. The van der Waals surface area contributed by atoms with Crippen molar-refractivity contribution in [1.82, 2.24) is 10.2 Å². The Hall–Kier alpha value is -2.86. The fourth-order valence-electron chi connectivity index (χ4n) is 3.47. The molecule has 0 spiro atoms. The van der Waals surface area contributed by atoms with Gasteiger partial charge >= 0.3 is 6.03 Å². The molecule has 1 aliphatic rings. The molecule has 1 heterocycles. The summed E-state index contributed by atoms with van der Waals surface area (Å²) < 4.78 is 0. The lowest BCUT2D eigenvalue weighted by atomic mass is 9.87. The van der Waals surface area contributed by atoms with E-state index in [-0.39, 0.29) is 12.5 Å². The Labute approximate surface area is 169 Å². The number of hydrogen-bond donors (Lipinski definition) is 1. The van der Waals surface area contributed by atoms with E-state index in [0.29, 0.717) is 23.6 Å². The number of amides is 4. The third kappa shape index (κ3) is 3.47. The highest BCUT2D eigenvalue weighted by atomic mass is 35.5. The summed E-state index contributed by atoms with van der Waals surface area (Å²) in [4.78, 5) is 41.1. The molecule has 0 aliphatic carbocycles. The largest absolute Gasteiger partial charge is 0.325 e. The van der Waals surface area contributed by atoms with Gasteiger partial charge in [-0.3, -0.25) is 14.5 Å². The Morgan fingerprint density at radius 3 is 2.29 bits per heavy atom. The minimum Gasteiger partial charge on any atom is -0.319 e. The summed E-state index contributed by atoms with van der Waals surface area (Å²) >= 11 is 5.95. The van der Waals surface area contributed by atoms with Crippen LogP contribution in [-0.2, 0) is 15.1 Å². The zero-order chi connectivity index (χ0) is 20.3. The predicted molar refractivity (Wildman–Crippen MR) is 108 cm³/mol. The van der Waals surface area contributed by atoms with Gasteiger partial charge in [0, 0.05) is 17.3 Å². The molecule has 0 bridgehead atoms. The summed E-state index contributed by atoms with van der Waals surface area (Å²) in [5, 5.41) is 3.32. The molecule has 0 aromatic heterocycles. The maximum Gasteiger partial charge on any atom is 0.325 e. The average molecular weight is 400 g/mol. The Morgan fingerprint density at radius 1 is 1.07 bits per heavy atom. The van der Waals surface area contributed by atoms with E-state index in [1.807, 2.05) is 44.2 Å². The van der Waals surface area contributed by atoms with E-state index in [1.165, 1.54) is 0 Å². The Kier molecular flexibility index (Phi) is 5.70. The first-order chi connectivity index (χ1) is 13.4. The minimum atomic E-state index is -1.19. The number of likely N-dealkylation sites (N-methyl/N-ethyl adjacent to an activating group) is 1.